The summed E-state index contributed by atoms with van der Waals surface area (Å²) in [5.74, 6) is -0.266. The minimum Gasteiger partial charge on any atom is -0.465 e. The van der Waals surface area contributed by atoms with Gasteiger partial charge in [-0.1, -0.05) is 12.1 Å². The van der Waals surface area contributed by atoms with E-state index in [0.717, 1.165) is 24.1 Å². The zero-order chi connectivity index (χ0) is 25.7. The second-order valence-electron chi connectivity index (χ2n) is 9.08. The van der Waals surface area contributed by atoms with Crippen LogP contribution in [0, 0.1) is 12.8 Å². The molecule has 2 heterocycles. The van der Waals surface area contributed by atoms with E-state index in [9.17, 15) is 14.4 Å². The number of amides is 2. The quantitative estimate of drug-likeness (QED) is 0.445. The molecule has 1 N–H and O–H groups in total. The molecule has 0 aliphatic heterocycles. The normalized spacial score (nSPS) is 12.6. The van der Waals surface area contributed by atoms with Crippen LogP contribution in [0.2, 0.25) is 0 Å². The number of carbonyl (C=O) groups is 3. The standard InChI is InChI=1S/C28H30N4O4/c1-18-4-5-20(15-29-18)8-13-27(34)31-23-10-11-25(30-16-23)22-9-12-26(24(14-22)28(35)36-3)32(19(2)33)17-21-6-7-21/h4-5,9-12,14-16,21H,6-8,13,17H2,1-3H3,(H,31,34). The maximum absolute atomic E-state index is 12.6. The minimum atomic E-state index is -0.512. The summed E-state index contributed by atoms with van der Waals surface area (Å²) in [6.45, 7) is 4.02. The summed E-state index contributed by atoms with van der Waals surface area (Å²) < 4.78 is 4.99. The van der Waals surface area contributed by atoms with Crippen molar-refractivity contribution in [3.05, 3.63) is 71.7 Å². The number of carbonyl (C=O) groups excluding carboxylic acids is 3. The zero-order valence-corrected chi connectivity index (χ0v) is 20.8. The van der Waals surface area contributed by atoms with Crippen molar-refractivity contribution >= 4 is 29.2 Å². The smallest absolute Gasteiger partial charge is 0.340 e. The summed E-state index contributed by atoms with van der Waals surface area (Å²) >= 11 is 0. The summed E-state index contributed by atoms with van der Waals surface area (Å²) in [7, 11) is 1.32. The summed E-state index contributed by atoms with van der Waals surface area (Å²) in [6.07, 6.45) is 6.49. The summed E-state index contributed by atoms with van der Waals surface area (Å²) in [5.41, 5.74) is 4.73. The third-order valence-electron chi connectivity index (χ3n) is 6.17. The van der Waals surface area contributed by atoms with E-state index in [-0.39, 0.29) is 11.8 Å². The molecule has 1 saturated carbocycles. The highest BCUT2D eigenvalue weighted by Crippen LogP contribution is 2.34. The van der Waals surface area contributed by atoms with Crippen molar-refractivity contribution < 1.29 is 19.1 Å². The van der Waals surface area contributed by atoms with Gasteiger partial charge in [0.1, 0.15) is 0 Å². The molecule has 0 spiro atoms. The fourth-order valence-electron chi connectivity index (χ4n) is 3.93. The fraction of sp³-hybridized carbons (Fsp3) is 0.321. The van der Waals surface area contributed by atoms with Gasteiger partial charge in [-0.2, -0.15) is 0 Å². The number of nitrogens with zero attached hydrogens (tertiary/aromatic N) is 3. The molecule has 0 atom stereocenters. The summed E-state index contributed by atoms with van der Waals surface area (Å²) in [6, 6.07) is 12.8. The average molecular weight is 487 g/mol. The summed E-state index contributed by atoms with van der Waals surface area (Å²) in [5, 5.41) is 2.86. The Hall–Kier alpha value is -4.07. The first-order valence-electron chi connectivity index (χ1n) is 12.0. The van der Waals surface area contributed by atoms with Gasteiger partial charge in [0.15, 0.2) is 0 Å². The monoisotopic (exact) mass is 486 g/mol. The number of esters is 1. The topological polar surface area (TPSA) is 101 Å². The molecule has 186 valence electrons. The molecular formula is C28H30N4O4. The van der Waals surface area contributed by atoms with Gasteiger partial charge in [0.05, 0.1) is 35.9 Å². The van der Waals surface area contributed by atoms with Gasteiger partial charge in [0.25, 0.3) is 0 Å². The molecule has 8 nitrogen and oxygen atoms in total. The van der Waals surface area contributed by atoms with Crippen LogP contribution in [0.5, 0.6) is 0 Å². The molecule has 0 saturated heterocycles. The molecule has 1 fully saturated rings. The van der Waals surface area contributed by atoms with Crippen molar-refractivity contribution in [3.8, 4) is 11.3 Å². The third-order valence-corrected chi connectivity index (χ3v) is 6.17. The van der Waals surface area contributed by atoms with Crippen molar-refractivity contribution in [3.63, 3.8) is 0 Å². The highest BCUT2D eigenvalue weighted by molar-refractivity contribution is 6.03. The molecule has 1 aliphatic rings. The Morgan fingerprint density at radius 1 is 1.06 bits per heavy atom. The Kier molecular flexibility index (Phi) is 7.73. The van der Waals surface area contributed by atoms with Gasteiger partial charge in [0, 0.05) is 37.3 Å². The molecule has 1 aromatic carbocycles. The second-order valence-corrected chi connectivity index (χ2v) is 9.08. The first-order chi connectivity index (χ1) is 17.3. The van der Waals surface area contributed by atoms with Gasteiger partial charge in [-0.3, -0.25) is 19.6 Å². The molecule has 3 aromatic rings. The fourth-order valence-corrected chi connectivity index (χ4v) is 3.93. The van der Waals surface area contributed by atoms with E-state index >= 15 is 0 Å². The maximum atomic E-state index is 12.6. The molecule has 0 unspecified atom stereocenters. The second kappa shape index (κ2) is 11.1. The van der Waals surface area contributed by atoms with Gasteiger partial charge in [0.2, 0.25) is 11.8 Å². The van der Waals surface area contributed by atoms with Crippen LogP contribution < -0.4 is 10.2 Å². The molecule has 36 heavy (non-hydrogen) atoms. The zero-order valence-electron chi connectivity index (χ0n) is 20.8. The lowest BCUT2D eigenvalue weighted by atomic mass is 10.0. The number of aromatic nitrogens is 2. The first kappa shape index (κ1) is 25.0. The number of anilines is 2. The average Bonchev–Trinajstić information content (AvgIpc) is 3.71. The number of aryl methyl sites for hydroxylation is 2. The first-order valence-corrected chi connectivity index (χ1v) is 12.0. The Bertz CT molecular complexity index is 1250. The number of rotatable bonds is 9. The highest BCUT2D eigenvalue weighted by atomic mass is 16.5. The van der Waals surface area contributed by atoms with Gasteiger partial charge in [-0.15, -0.1) is 0 Å². The Balaban J connectivity index is 1.46. The van der Waals surface area contributed by atoms with Crippen molar-refractivity contribution in [1.29, 1.82) is 0 Å². The molecule has 1 aliphatic carbocycles. The highest BCUT2D eigenvalue weighted by Gasteiger charge is 2.29. The predicted octanol–water partition coefficient (Wildman–Crippen LogP) is 4.57. The van der Waals surface area contributed by atoms with E-state index in [4.69, 9.17) is 4.74 Å². The number of hydrogen-bond acceptors (Lipinski definition) is 6. The van der Waals surface area contributed by atoms with Gasteiger partial charge in [-0.05, 0) is 68.0 Å². The predicted molar refractivity (Wildman–Crippen MR) is 138 cm³/mol. The van der Waals surface area contributed by atoms with Crippen LogP contribution in [0.4, 0.5) is 11.4 Å². The Morgan fingerprint density at radius 2 is 1.86 bits per heavy atom. The lowest BCUT2D eigenvalue weighted by Gasteiger charge is -2.23. The molecule has 2 aromatic heterocycles. The van der Waals surface area contributed by atoms with E-state index < -0.39 is 5.97 Å². The SMILES string of the molecule is COC(=O)c1cc(-c2ccc(NC(=O)CCc3ccc(C)nc3)cn2)ccc1N(CC1CC1)C(C)=O. The van der Waals surface area contributed by atoms with Crippen LogP contribution in [-0.2, 0) is 20.7 Å². The molecular weight excluding hydrogens is 456 g/mol. The van der Waals surface area contributed by atoms with Gasteiger partial charge < -0.3 is 15.0 Å². The van der Waals surface area contributed by atoms with Crippen LogP contribution in [-0.4, -0.2) is 41.4 Å². The minimum absolute atomic E-state index is 0.109. The Labute approximate surface area is 210 Å². The van der Waals surface area contributed by atoms with E-state index in [1.54, 1.807) is 41.6 Å². The molecule has 0 bridgehead atoms. The van der Waals surface area contributed by atoms with Crippen molar-refractivity contribution in [2.75, 3.05) is 23.9 Å². The van der Waals surface area contributed by atoms with E-state index in [0.29, 0.717) is 53.5 Å². The lowest BCUT2D eigenvalue weighted by molar-refractivity contribution is -0.117. The largest absolute Gasteiger partial charge is 0.465 e. The Morgan fingerprint density at radius 3 is 2.47 bits per heavy atom. The molecule has 2 amide bonds. The van der Waals surface area contributed by atoms with E-state index in [1.807, 2.05) is 25.1 Å². The molecule has 4 rings (SSSR count). The summed E-state index contributed by atoms with van der Waals surface area (Å²) in [4.78, 5) is 47.6. The number of pyridine rings is 2. The van der Waals surface area contributed by atoms with Crippen molar-refractivity contribution in [1.82, 2.24) is 9.97 Å². The van der Waals surface area contributed by atoms with E-state index in [1.165, 1.54) is 14.0 Å². The molecule has 0 radical (unpaired) electrons. The van der Waals surface area contributed by atoms with Crippen LogP contribution >= 0.6 is 0 Å². The van der Waals surface area contributed by atoms with Crippen molar-refractivity contribution in [2.45, 2.75) is 39.5 Å². The number of hydrogen-bond donors (Lipinski definition) is 1. The van der Waals surface area contributed by atoms with Crippen LogP contribution in [0.3, 0.4) is 0 Å². The number of nitrogens with one attached hydrogen (secondary N) is 1. The van der Waals surface area contributed by atoms with Gasteiger partial charge >= 0.3 is 5.97 Å². The van der Waals surface area contributed by atoms with Crippen LogP contribution in [0.1, 0.15) is 47.8 Å². The van der Waals surface area contributed by atoms with Crippen molar-refractivity contribution in [2.24, 2.45) is 5.92 Å². The van der Waals surface area contributed by atoms with Crippen LogP contribution in [0.15, 0.2) is 54.9 Å². The maximum Gasteiger partial charge on any atom is 0.340 e. The third kappa shape index (κ3) is 6.33. The number of benzene rings is 1. The van der Waals surface area contributed by atoms with E-state index in [2.05, 4.69) is 15.3 Å². The van der Waals surface area contributed by atoms with Crippen LogP contribution in [0.25, 0.3) is 11.3 Å². The number of ether oxygens (including phenoxy) is 1. The number of methoxy groups -OCH3 is 1. The molecule has 8 heteroatoms. The lowest BCUT2D eigenvalue weighted by Crippen LogP contribution is -2.32. The van der Waals surface area contributed by atoms with Gasteiger partial charge in [-0.25, -0.2) is 4.79 Å².